The van der Waals surface area contributed by atoms with Gasteiger partial charge in [-0.25, -0.2) is 12.8 Å². The monoisotopic (exact) mass is 440 g/mol. The molecule has 3 aromatic rings. The number of anilines is 1. The Labute approximate surface area is 182 Å². The van der Waals surface area contributed by atoms with Crippen LogP contribution in [0.2, 0.25) is 0 Å². The van der Waals surface area contributed by atoms with Crippen molar-refractivity contribution in [3.8, 4) is 0 Å². The number of halogens is 1. The van der Waals surface area contributed by atoms with Crippen LogP contribution >= 0.6 is 0 Å². The standard InChI is InChI=1S/C24H25FN2O3S/c1-17-9-7-8-12-22(17)23(19-10-5-4-6-11-19)26-24(28)18(2)27(31(3,29)30)21-15-13-20(25)14-16-21/h4-16,18,23H,1-3H3,(H,26,28)/t18-,23-/m1/s1. The maximum Gasteiger partial charge on any atom is 0.244 e. The summed E-state index contributed by atoms with van der Waals surface area (Å²) >= 11 is 0. The SMILES string of the molecule is Cc1ccccc1[C@H](NC(=O)[C@@H](C)N(c1ccc(F)cc1)S(C)(=O)=O)c1ccccc1. The van der Waals surface area contributed by atoms with Crippen LogP contribution in [0.25, 0.3) is 0 Å². The molecule has 7 heteroatoms. The van der Waals surface area contributed by atoms with Gasteiger partial charge in [0.25, 0.3) is 0 Å². The van der Waals surface area contributed by atoms with Crippen LogP contribution < -0.4 is 9.62 Å². The first-order chi connectivity index (χ1) is 14.7. The molecule has 3 aromatic carbocycles. The Kier molecular flexibility index (Phi) is 6.75. The van der Waals surface area contributed by atoms with Gasteiger partial charge in [-0.3, -0.25) is 9.10 Å². The summed E-state index contributed by atoms with van der Waals surface area (Å²) in [5.74, 6) is -0.954. The normalized spacial score (nSPS) is 13.3. The Hall–Kier alpha value is -3.19. The van der Waals surface area contributed by atoms with E-state index in [0.29, 0.717) is 0 Å². The zero-order chi connectivity index (χ0) is 22.6. The molecule has 0 fully saturated rings. The summed E-state index contributed by atoms with van der Waals surface area (Å²) in [4.78, 5) is 13.2. The van der Waals surface area contributed by atoms with Crippen molar-refractivity contribution in [2.75, 3.05) is 10.6 Å². The Morgan fingerprint density at radius 1 is 0.935 bits per heavy atom. The average molecular weight is 441 g/mol. The summed E-state index contributed by atoms with van der Waals surface area (Å²) in [7, 11) is -3.80. The lowest BCUT2D eigenvalue weighted by molar-refractivity contribution is -0.122. The summed E-state index contributed by atoms with van der Waals surface area (Å²) in [6.45, 7) is 3.47. The van der Waals surface area contributed by atoms with Gasteiger partial charge in [-0.15, -0.1) is 0 Å². The molecule has 0 bridgehead atoms. The Morgan fingerprint density at radius 2 is 1.52 bits per heavy atom. The second-order valence-electron chi connectivity index (χ2n) is 7.42. The van der Waals surface area contributed by atoms with Crippen LogP contribution in [0.15, 0.2) is 78.9 Å². The molecule has 1 amide bonds. The molecule has 0 radical (unpaired) electrons. The second-order valence-corrected chi connectivity index (χ2v) is 9.28. The molecule has 162 valence electrons. The highest BCUT2D eigenvalue weighted by atomic mass is 32.2. The molecular formula is C24H25FN2O3S. The van der Waals surface area contributed by atoms with Crippen molar-refractivity contribution in [3.05, 3.63) is 101 Å². The predicted octanol–water partition coefficient (Wildman–Crippen LogP) is 4.19. The van der Waals surface area contributed by atoms with E-state index >= 15 is 0 Å². The minimum Gasteiger partial charge on any atom is -0.343 e. The smallest absolute Gasteiger partial charge is 0.244 e. The van der Waals surface area contributed by atoms with Gasteiger partial charge in [0.15, 0.2) is 0 Å². The second kappa shape index (κ2) is 9.31. The minimum absolute atomic E-state index is 0.221. The van der Waals surface area contributed by atoms with E-state index in [1.807, 2.05) is 61.5 Å². The van der Waals surface area contributed by atoms with E-state index in [2.05, 4.69) is 5.32 Å². The quantitative estimate of drug-likeness (QED) is 0.599. The van der Waals surface area contributed by atoms with Crippen molar-refractivity contribution in [1.82, 2.24) is 5.32 Å². The highest BCUT2D eigenvalue weighted by Gasteiger charge is 2.31. The molecule has 0 aliphatic carbocycles. The highest BCUT2D eigenvalue weighted by Crippen LogP contribution is 2.26. The number of amides is 1. The summed E-state index contributed by atoms with van der Waals surface area (Å²) in [6, 6.07) is 20.7. The summed E-state index contributed by atoms with van der Waals surface area (Å²) < 4.78 is 39.3. The van der Waals surface area contributed by atoms with Gasteiger partial charge in [-0.1, -0.05) is 54.6 Å². The van der Waals surface area contributed by atoms with Crippen LogP contribution in [-0.2, 0) is 14.8 Å². The molecule has 0 aliphatic rings. The van der Waals surface area contributed by atoms with E-state index in [1.54, 1.807) is 0 Å². The van der Waals surface area contributed by atoms with Crippen molar-refractivity contribution < 1.29 is 17.6 Å². The van der Waals surface area contributed by atoms with E-state index in [-0.39, 0.29) is 5.69 Å². The topological polar surface area (TPSA) is 66.5 Å². The van der Waals surface area contributed by atoms with Crippen LogP contribution in [0, 0.1) is 12.7 Å². The van der Waals surface area contributed by atoms with Crippen molar-refractivity contribution in [2.45, 2.75) is 25.9 Å². The molecule has 2 atom stereocenters. The Bertz CT molecular complexity index is 1150. The molecule has 0 aromatic heterocycles. The summed E-state index contributed by atoms with van der Waals surface area (Å²) in [6.07, 6.45) is 1.02. The molecule has 5 nitrogen and oxygen atoms in total. The molecule has 0 heterocycles. The van der Waals surface area contributed by atoms with Crippen LogP contribution in [0.3, 0.4) is 0 Å². The average Bonchev–Trinajstić information content (AvgIpc) is 2.73. The molecule has 0 spiro atoms. The molecule has 31 heavy (non-hydrogen) atoms. The van der Waals surface area contributed by atoms with E-state index in [9.17, 15) is 17.6 Å². The van der Waals surface area contributed by atoms with E-state index < -0.39 is 33.8 Å². The van der Waals surface area contributed by atoms with Crippen molar-refractivity contribution >= 4 is 21.6 Å². The van der Waals surface area contributed by atoms with Crippen LogP contribution in [-0.4, -0.2) is 26.6 Å². The third-order valence-corrected chi connectivity index (χ3v) is 6.33. The van der Waals surface area contributed by atoms with Crippen molar-refractivity contribution in [3.63, 3.8) is 0 Å². The van der Waals surface area contributed by atoms with E-state index in [1.165, 1.54) is 19.1 Å². The van der Waals surface area contributed by atoms with Crippen LogP contribution in [0.5, 0.6) is 0 Å². The lowest BCUT2D eigenvalue weighted by Crippen LogP contribution is -2.48. The highest BCUT2D eigenvalue weighted by molar-refractivity contribution is 7.92. The van der Waals surface area contributed by atoms with Gasteiger partial charge < -0.3 is 5.32 Å². The van der Waals surface area contributed by atoms with Gasteiger partial charge in [-0.05, 0) is 54.8 Å². The van der Waals surface area contributed by atoms with E-state index in [0.717, 1.165) is 39.4 Å². The molecule has 0 aliphatic heterocycles. The van der Waals surface area contributed by atoms with E-state index in [4.69, 9.17) is 0 Å². The molecule has 0 saturated carbocycles. The fourth-order valence-corrected chi connectivity index (χ4v) is 4.73. The zero-order valence-corrected chi connectivity index (χ0v) is 18.4. The van der Waals surface area contributed by atoms with Gasteiger partial charge in [0.1, 0.15) is 11.9 Å². The minimum atomic E-state index is -3.80. The number of hydrogen-bond donors (Lipinski definition) is 1. The van der Waals surface area contributed by atoms with Crippen molar-refractivity contribution in [2.24, 2.45) is 0 Å². The third kappa shape index (κ3) is 5.30. The van der Waals surface area contributed by atoms with Gasteiger partial charge in [0, 0.05) is 0 Å². The molecule has 3 rings (SSSR count). The fourth-order valence-electron chi connectivity index (χ4n) is 3.56. The number of rotatable bonds is 7. The number of carbonyl (C=O) groups is 1. The summed E-state index contributed by atoms with van der Waals surface area (Å²) in [5.41, 5.74) is 3.02. The number of hydrogen-bond acceptors (Lipinski definition) is 3. The molecular weight excluding hydrogens is 415 g/mol. The largest absolute Gasteiger partial charge is 0.343 e. The number of benzene rings is 3. The van der Waals surface area contributed by atoms with Gasteiger partial charge in [0.05, 0.1) is 18.0 Å². The van der Waals surface area contributed by atoms with Crippen molar-refractivity contribution in [1.29, 1.82) is 0 Å². The third-order valence-electron chi connectivity index (χ3n) is 5.09. The predicted molar refractivity (Wildman–Crippen MR) is 121 cm³/mol. The van der Waals surface area contributed by atoms with Crippen LogP contribution in [0.1, 0.15) is 29.7 Å². The maximum absolute atomic E-state index is 13.3. The van der Waals surface area contributed by atoms with Crippen LogP contribution in [0.4, 0.5) is 10.1 Å². The Morgan fingerprint density at radius 3 is 2.10 bits per heavy atom. The number of nitrogens with zero attached hydrogens (tertiary/aromatic N) is 1. The number of aryl methyl sites for hydroxylation is 1. The fraction of sp³-hybridized carbons (Fsp3) is 0.208. The molecule has 0 unspecified atom stereocenters. The first-order valence-corrected chi connectivity index (χ1v) is 11.7. The maximum atomic E-state index is 13.3. The number of nitrogens with one attached hydrogen (secondary N) is 1. The lowest BCUT2D eigenvalue weighted by Gasteiger charge is -2.30. The van der Waals surface area contributed by atoms with Gasteiger partial charge in [0.2, 0.25) is 15.9 Å². The first kappa shape index (κ1) is 22.5. The van der Waals surface area contributed by atoms with Gasteiger partial charge >= 0.3 is 0 Å². The summed E-state index contributed by atoms with van der Waals surface area (Å²) in [5, 5.41) is 3.00. The zero-order valence-electron chi connectivity index (χ0n) is 17.6. The molecule has 1 N–H and O–H groups in total. The first-order valence-electron chi connectivity index (χ1n) is 9.84. The number of sulfonamides is 1. The lowest BCUT2D eigenvalue weighted by atomic mass is 9.94. The number of carbonyl (C=O) groups excluding carboxylic acids is 1. The molecule has 0 saturated heterocycles. The Balaban J connectivity index is 1.96. The van der Waals surface area contributed by atoms with Gasteiger partial charge in [-0.2, -0.15) is 0 Å².